The second-order valence-corrected chi connectivity index (χ2v) is 4.43. The van der Waals surface area contributed by atoms with Crippen LogP contribution in [0.25, 0.3) is 0 Å². The van der Waals surface area contributed by atoms with Crippen LogP contribution in [0.15, 0.2) is 42.7 Å². The molecule has 4 heteroatoms. The van der Waals surface area contributed by atoms with E-state index in [1.807, 2.05) is 56.3 Å². The molecule has 4 nitrogen and oxygen atoms in total. The quantitative estimate of drug-likeness (QED) is 0.891. The number of ether oxygens (including phenoxy) is 1. The predicted molar refractivity (Wildman–Crippen MR) is 79.2 cm³/mol. The predicted octanol–water partition coefficient (Wildman–Crippen LogP) is 3.37. The fourth-order valence-corrected chi connectivity index (χ4v) is 1.74. The normalized spacial score (nSPS) is 10.1. The number of rotatable bonds is 5. The Bertz CT molecular complexity index is 540. The van der Waals surface area contributed by atoms with Crippen molar-refractivity contribution in [3.05, 3.63) is 42.7 Å². The summed E-state index contributed by atoms with van der Waals surface area (Å²) in [7, 11) is 4.01. The third-order valence-electron chi connectivity index (χ3n) is 2.66. The zero-order valence-corrected chi connectivity index (χ0v) is 11.6. The number of benzene rings is 1. The van der Waals surface area contributed by atoms with E-state index in [2.05, 4.69) is 10.3 Å². The number of anilines is 2. The van der Waals surface area contributed by atoms with Crippen molar-refractivity contribution in [2.24, 2.45) is 0 Å². The zero-order valence-electron chi connectivity index (χ0n) is 11.6. The van der Waals surface area contributed by atoms with Crippen molar-refractivity contribution in [3.8, 4) is 11.5 Å². The van der Waals surface area contributed by atoms with Gasteiger partial charge in [-0.25, -0.2) is 0 Å². The lowest BCUT2D eigenvalue weighted by Gasteiger charge is -2.14. The molecule has 2 rings (SSSR count). The van der Waals surface area contributed by atoms with Crippen molar-refractivity contribution < 1.29 is 4.74 Å². The molecular weight excluding hydrogens is 238 g/mol. The van der Waals surface area contributed by atoms with E-state index in [0.29, 0.717) is 0 Å². The van der Waals surface area contributed by atoms with Crippen LogP contribution in [0.1, 0.15) is 6.92 Å². The van der Waals surface area contributed by atoms with Crippen LogP contribution < -0.4 is 15.0 Å². The minimum absolute atomic E-state index is 0.731. The topological polar surface area (TPSA) is 37.4 Å². The number of pyridine rings is 1. The van der Waals surface area contributed by atoms with Gasteiger partial charge in [0.25, 0.3) is 0 Å². The smallest absolute Gasteiger partial charge is 0.147 e. The van der Waals surface area contributed by atoms with Crippen LogP contribution in [0.5, 0.6) is 11.5 Å². The van der Waals surface area contributed by atoms with E-state index in [9.17, 15) is 0 Å². The van der Waals surface area contributed by atoms with Gasteiger partial charge in [0.2, 0.25) is 0 Å². The lowest BCUT2D eigenvalue weighted by Crippen LogP contribution is -2.08. The molecule has 0 saturated heterocycles. The highest BCUT2D eigenvalue weighted by Crippen LogP contribution is 2.26. The standard InChI is InChI=1S/C15H19N3O/c1-4-17-12-8-15(11-16-10-12)19-14-7-5-6-13(9-14)18(2)3/h5-11,17H,4H2,1-3H3. The summed E-state index contributed by atoms with van der Waals surface area (Å²) in [6, 6.07) is 9.90. The van der Waals surface area contributed by atoms with E-state index >= 15 is 0 Å². The van der Waals surface area contributed by atoms with Crippen molar-refractivity contribution in [3.63, 3.8) is 0 Å². The Kier molecular flexibility index (Phi) is 4.23. The van der Waals surface area contributed by atoms with E-state index in [-0.39, 0.29) is 0 Å². The summed E-state index contributed by atoms with van der Waals surface area (Å²) in [6.07, 6.45) is 3.50. The van der Waals surface area contributed by atoms with Gasteiger partial charge in [-0.15, -0.1) is 0 Å². The van der Waals surface area contributed by atoms with E-state index < -0.39 is 0 Å². The molecule has 0 atom stereocenters. The van der Waals surface area contributed by atoms with Gasteiger partial charge in [-0.1, -0.05) is 6.07 Å². The summed E-state index contributed by atoms with van der Waals surface area (Å²) in [5.41, 5.74) is 2.07. The minimum atomic E-state index is 0.731. The molecule has 0 radical (unpaired) electrons. The molecule has 0 aliphatic rings. The largest absolute Gasteiger partial charge is 0.456 e. The summed E-state index contributed by atoms with van der Waals surface area (Å²) >= 11 is 0. The average molecular weight is 257 g/mol. The summed E-state index contributed by atoms with van der Waals surface area (Å²) in [4.78, 5) is 6.20. The molecule has 1 aromatic carbocycles. The summed E-state index contributed by atoms with van der Waals surface area (Å²) in [5.74, 6) is 1.54. The van der Waals surface area contributed by atoms with Gasteiger partial charge in [-0.3, -0.25) is 4.98 Å². The first-order valence-corrected chi connectivity index (χ1v) is 6.33. The van der Waals surface area contributed by atoms with Crippen LogP contribution in [0.4, 0.5) is 11.4 Å². The van der Waals surface area contributed by atoms with Gasteiger partial charge >= 0.3 is 0 Å². The van der Waals surface area contributed by atoms with Crippen LogP contribution in [0, 0.1) is 0 Å². The molecule has 0 amide bonds. The molecule has 0 saturated carbocycles. The van der Waals surface area contributed by atoms with Crippen LogP contribution in [0.2, 0.25) is 0 Å². The first kappa shape index (κ1) is 13.2. The van der Waals surface area contributed by atoms with E-state index in [1.165, 1.54) is 0 Å². The van der Waals surface area contributed by atoms with Crippen molar-refractivity contribution >= 4 is 11.4 Å². The Balaban J connectivity index is 2.16. The van der Waals surface area contributed by atoms with E-state index in [1.54, 1.807) is 12.4 Å². The second kappa shape index (κ2) is 6.09. The van der Waals surface area contributed by atoms with Crippen LogP contribution in [-0.2, 0) is 0 Å². The Morgan fingerprint density at radius 1 is 1.16 bits per heavy atom. The highest BCUT2D eigenvalue weighted by Gasteiger charge is 2.02. The highest BCUT2D eigenvalue weighted by molar-refractivity contribution is 5.51. The lowest BCUT2D eigenvalue weighted by molar-refractivity contribution is 0.480. The number of aromatic nitrogens is 1. The average Bonchev–Trinajstić information content (AvgIpc) is 2.40. The third kappa shape index (κ3) is 3.61. The fraction of sp³-hybridized carbons (Fsp3) is 0.267. The number of hydrogen-bond donors (Lipinski definition) is 1. The molecule has 0 aliphatic heterocycles. The van der Waals surface area contributed by atoms with Gasteiger partial charge < -0.3 is 15.0 Å². The van der Waals surface area contributed by atoms with Crippen molar-refractivity contribution in [2.75, 3.05) is 30.9 Å². The van der Waals surface area contributed by atoms with Gasteiger partial charge in [-0.05, 0) is 19.1 Å². The molecule has 0 bridgehead atoms. The molecule has 0 unspecified atom stereocenters. The van der Waals surface area contributed by atoms with Crippen LogP contribution >= 0.6 is 0 Å². The monoisotopic (exact) mass is 257 g/mol. The van der Waals surface area contributed by atoms with Crippen molar-refractivity contribution in [2.45, 2.75) is 6.92 Å². The van der Waals surface area contributed by atoms with Crippen molar-refractivity contribution in [1.82, 2.24) is 4.98 Å². The summed E-state index contributed by atoms with van der Waals surface area (Å²) in [5, 5.41) is 3.21. The molecular formula is C15H19N3O. The highest BCUT2D eigenvalue weighted by atomic mass is 16.5. The molecule has 1 N–H and O–H groups in total. The Labute approximate surface area is 114 Å². The van der Waals surface area contributed by atoms with Crippen molar-refractivity contribution in [1.29, 1.82) is 0 Å². The fourth-order valence-electron chi connectivity index (χ4n) is 1.74. The molecule has 19 heavy (non-hydrogen) atoms. The first-order chi connectivity index (χ1) is 9.19. The maximum Gasteiger partial charge on any atom is 0.147 e. The Hall–Kier alpha value is -2.23. The Morgan fingerprint density at radius 2 is 2.00 bits per heavy atom. The number of nitrogens with zero attached hydrogens (tertiary/aromatic N) is 2. The SMILES string of the molecule is CCNc1cncc(Oc2cccc(N(C)C)c2)c1. The Morgan fingerprint density at radius 3 is 2.74 bits per heavy atom. The molecule has 0 spiro atoms. The third-order valence-corrected chi connectivity index (χ3v) is 2.66. The van der Waals surface area contributed by atoms with Crippen LogP contribution in [0.3, 0.4) is 0 Å². The second-order valence-electron chi connectivity index (χ2n) is 4.43. The molecule has 0 fully saturated rings. The maximum absolute atomic E-state index is 5.83. The molecule has 1 aromatic heterocycles. The minimum Gasteiger partial charge on any atom is -0.456 e. The van der Waals surface area contributed by atoms with E-state index in [0.717, 1.165) is 29.4 Å². The molecule has 0 aliphatic carbocycles. The first-order valence-electron chi connectivity index (χ1n) is 6.33. The molecule has 1 heterocycles. The van der Waals surface area contributed by atoms with E-state index in [4.69, 9.17) is 4.74 Å². The van der Waals surface area contributed by atoms with Crippen LogP contribution in [-0.4, -0.2) is 25.6 Å². The van der Waals surface area contributed by atoms with Gasteiger partial charge in [0, 0.05) is 38.5 Å². The number of hydrogen-bond acceptors (Lipinski definition) is 4. The number of nitrogens with one attached hydrogen (secondary N) is 1. The molecule has 2 aromatic rings. The van der Waals surface area contributed by atoms with Gasteiger partial charge in [0.15, 0.2) is 0 Å². The zero-order chi connectivity index (χ0) is 13.7. The van der Waals surface area contributed by atoms with Gasteiger partial charge in [0.1, 0.15) is 11.5 Å². The van der Waals surface area contributed by atoms with Gasteiger partial charge in [-0.2, -0.15) is 0 Å². The lowest BCUT2D eigenvalue weighted by atomic mass is 10.3. The molecule has 100 valence electrons. The summed E-state index contributed by atoms with van der Waals surface area (Å²) in [6.45, 7) is 2.91. The summed E-state index contributed by atoms with van der Waals surface area (Å²) < 4.78 is 5.83. The van der Waals surface area contributed by atoms with Gasteiger partial charge in [0.05, 0.1) is 18.1 Å². The maximum atomic E-state index is 5.83.